The van der Waals surface area contributed by atoms with Gasteiger partial charge in [-0.1, -0.05) is 56.3 Å². The zero-order valence-corrected chi connectivity index (χ0v) is 24.3. The fourth-order valence-electron chi connectivity index (χ4n) is 4.66. The molecule has 3 rings (SSSR count). The van der Waals surface area contributed by atoms with Crippen molar-refractivity contribution in [3.05, 3.63) is 65.2 Å². The van der Waals surface area contributed by atoms with Crippen molar-refractivity contribution in [3.63, 3.8) is 0 Å². The first-order valence-corrected chi connectivity index (χ1v) is 13.6. The number of hydrogen-bond donors (Lipinski definition) is 0. The molecule has 0 amide bonds. The van der Waals surface area contributed by atoms with Crippen molar-refractivity contribution in [3.8, 4) is 5.75 Å². The second-order valence-corrected chi connectivity index (χ2v) is 10.4. The first-order valence-electron chi connectivity index (χ1n) is 13.6. The molecule has 0 aromatic heterocycles. The molecular weight excluding hydrogens is 532 g/mol. The Hall–Kier alpha value is -3.92. The lowest BCUT2D eigenvalue weighted by Crippen LogP contribution is -2.63. The van der Waals surface area contributed by atoms with Crippen molar-refractivity contribution in [2.75, 3.05) is 6.61 Å². The number of esters is 4. The highest BCUT2D eigenvalue weighted by molar-refractivity contribution is 5.68. The Balaban J connectivity index is 1.94. The molecular formula is C31H38O10. The standard InChI is InChI=1S/C31H38O10/c1-18(2)15-23-11-13-24(14-12-23)16-25-9-7-8-10-26(25)40-31-30(39-22(6)35)29(38-21(5)34)28(37-20(4)33)27(41-31)17-36-19(3)32/h7-14,18,27-31H,15-17H2,1-6H3/t27-,28-,29+,30-,31-/m1/s1. The fraction of sp³-hybridized carbons (Fsp3) is 0.484. The normalized spacial score (nSPS) is 22.0. The van der Waals surface area contributed by atoms with Gasteiger partial charge in [0.2, 0.25) is 12.4 Å². The second kappa shape index (κ2) is 14.6. The summed E-state index contributed by atoms with van der Waals surface area (Å²) in [5, 5.41) is 0. The molecule has 0 saturated carbocycles. The van der Waals surface area contributed by atoms with E-state index < -0.39 is 54.6 Å². The number of carbonyl (C=O) groups is 4. The third-order valence-electron chi connectivity index (χ3n) is 6.23. The highest BCUT2D eigenvalue weighted by Gasteiger charge is 2.53. The van der Waals surface area contributed by atoms with E-state index in [0.29, 0.717) is 18.1 Å². The summed E-state index contributed by atoms with van der Waals surface area (Å²) in [4.78, 5) is 47.7. The monoisotopic (exact) mass is 570 g/mol. The molecule has 1 aliphatic rings. The molecule has 0 spiro atoms. The predicted molar refractivity (Wildman–Crippen MR) is 147 cm³/mol. The van der Waals surface area contributed by atoms with E-state index in [4.69, 9.17) is 28.4 Å². The Labute approximate surface area is 240 Å². The quantitative estimate of drug-likeness (QED) is 0.290. The largest absolute Gasteiger partial charge is 0.463 e. The maximum atomic E-state index is 12.1. The molecule has 0 unspecified atom stereocenters. The summed E-state index contributed by atoms with van der Waals surface area (Å²) in [6.45, 7) is 8.76. The van der Waals surface area contributed by atoms with E-state index >= 15 is 0 Å². The first kappa shape index (κ1) is 31.6. The highest BCUT2D eigenvalue weighted by atomic mass is 16.7. The molecule has 222 valence electrons. The molecule has 0 bridgehead atoms. The van der Waals surface area contributed by atoms with Crippen LogP contribution in [0.1, 0.15) is 58.2 Å². The lowest BCUT2D eigenvalue weighted by molar-refractivity contribution is -0.288. The maximum Gasteiger partial charge on any atom is 0.303 e. The van der Waals surface area contributed by atoms with Gasteiger partial charge in [-0.15, -0.1) is 0 Å². The number of para-hydroxylation sites is 1. The van der Waals surface area contributed by atoms with Crippen LogP contribution >= 0.6 is 0 Å². The van der Waals surface area contributed by atoms with Crippen LogP contribution in [0, 0.1) is 5.92 Å². The highest BCUT2D eigenvalue weighted by Crippen LogP contribution is 2.32. The van der Waals surface area contributed by atoms with Gasteiger partial charge in [-0.3, -0.25) is 19.2 Å². The van der Waals surface area contributed by atoms with E-state index in [0.717, 1.165) is 17.5 Å². The van der Waals surface area contributed by atoms with Crippen LogP contribution in [-0.4, -0.2) is 61.2 Å². The van der Waals surface area contributed by atoms with Crippen molar-refractivity contribution in [2.45, 2.75) is 85.1 Å². The van der Waals surface area contributed by atoms with E-state index in [9.17, 15) is 19.2 Å². The number of benzene rings is 2. The fourth-order valence-corrected chi connectivity index (χ4v) is 4.66. The Kier molecular flexibility index (Phi) is 11.3. The molecule has 10 nitrogen and oxygen atoms in total. The van der Waals surface area contributed by atoms with Crippen LogP contribution in [0.2, 0.25) is 0 Å². The third kappa shape index (κ3) is 9.60. The van der Waals surface area contributed by atoms with Gasteiger partial charge in [-0.25, -0.2) is 0 Å². The van der Waals surface area contributed by atoms with Gasteiger partial charge in [-0.2, -0.15) is 0 Å². The van der Waals surface area contributed by atoms with Crippen molar-refractivity contribution in [1.82, 2.24) is 0 Å². The molecule has 1 saturated heterocycles. The zero-order chi connectivity index (χ0) is 30.1. The van der Waals surface area contributed by atoms with Gasteiger partial charge in [-0.05, 0) is 35.1 Å². The van der Waals surface area contributed by atoms with E-state index in [1.54, 1.807) is 12.1 Å². The van der Waals surface area contributed by atoms with Crippen molar-refractivity contribution in [1.29, 1.82) is 0 Å². The number of hydrogen-bond acceptors (Lipinski definition) is 10. The number of rotatable bonds is 11. The summed E-state index contributed by atoms with van der Waals surface area (Å²) in [7, 11) is 0. The van der Waals surface area contributed by atoms with Crippen LogP contribution < -0.4 is 4.74 Å². The van der Waals surface area contributed by atoms with Gasteiger partial charge < -0.3 is 28.4 Å². The summed E-state index contributed by atoms with van der Waals surface area (Å²) in [5.41, 5.74) is 3.15. The molecule has 2 aromatic rings. The molecule has 0 N–H and O–H groups in total. The summed E-state index contributed by atoms with van der Waals surface area (Å²) >= 11 is 0. The molecule has 1 heterocycles. The molecule has 1 fully saturated rings. The van der Waals surface area contributed by atoms with E-state index in [1.165, 1.54) is 33.3 Å². The summed E-state index contributed by atoms with van der Waals surface area (Å²) in [5.74, 6) is -1.70. The van der Waals surface area contributed by atoms with Crippen molar-refractivity contribution in [2.24, 2.45) is 5.92 Å². The molecule has 10 heteroatoms. The molecule has 5 atom stereocenters. The van der Waals surface area contributed by atoms with Crippen molar-refractivity contribution >= 4 is 23.9 Å². The van der Waals surface area contributed by atoms with Crippen LogP contribution in [0.3, 0.4) is 0 Å². The van der Waals surface area contributed by atoms with E-state index in [-0.39, 0.29) is 6.61 Å². The predicted octanol–water partition coefficient (Wildman–Crippen LogP) is 3.94. The lowest BCUT2D eigenvalue weighted by atomic mass is 9.97. The Morgan fingerprint density at radius 1 is 0.732 bits per heavy atom. The van der Waals surface area contributed by atoms with E-state index in [2.05, 4.69) is 38.1 Å². The van der Waals surface area contributed by atoms with Gasteiger partial charge >= 0.3 is 23.9 Å². The van der Waals surface area contributed by atoms with Crippen LogP contribution in [0.25, 0.3) is 0 Å². The first-order chi connectivity index (χ1) is 19.4. The average Bonchev–Trinajstić information content (AvgIpc) is 2.87. The lowest BCUT2D eigenvalue weighted by Gasteiger charge is -2.44. The maximum absolute atomic E-state index is 12.1. The minimum Gasteiger partial charge on any atom is -0.463 e. The Morgan fingerprint density at radius 3 is 1.88 bits per heavy atom. The van der Waals surface area contributed by atoms with Crippen molar-refractivity contribution < 1.29 is 47.6 Å². The Morgan fingerprint density at radius 2 is 1.29 bits per heavy atom. The topological polar surface area (TPSA) is 124 Å². The SMILES string of the molecule is CC(=O)OC[C@H]1O[C@@H](Oc2ccccc2Cc2ccc(CC(C)C)cc2)[C@H](OC(C)=O)[C@@H](OC(C)=O)[C@@H]1OC(C)=O. The van der Waals surface area contributed by atoms with Crippen LogP contribution in [0.4, 0.5) is 0 Å². The van der Waals surface area contributed by atoms with Gasteiger partial charge in [0, 0.05) is 34.1 Å². The summed E-state index contributed by atoms with van der Waals surface area (Å²) < 4.78 is 33.9. The number of carbonyl (C=O) groups excluding carboxylic acids is 4. The van der Waals surface area contributed by atoms with Gasteiger partial charge in [0.15, 0.2) is 12.2 Å². The van der Waals surface area contributed by atoms with Crippen LogP contribution in [0.15, 0.2) is 48.5 Å². The second-order valence-electron chi connectivity index (χ2n) is 10.4. The molecule has 0 radical (unpaired) electrons. The average molecular weight is 571 g/mol. The summed E-state index contributed by atoms with van der Waals surface area (Å²) in [6.07, 6.45) is -4.72. The van der Waals surface area contributed by atoms with Crippen LogP contribution in [0.5, 0.6) is 5.75 Å². The smallest absolute Gasteiger partial charge is 0.303 e. The number of ether oxygens (including phenoxy) is 6. The van der Waals surface area contributed by atoms with Crippen LogP contribution in [-0.2, 0) is 55.7 Å². The molecule has 0 aliphatic carbocycles. The molecule has 41 heavy (non-hydrogen) atoms. The van der Waals surface area contributed by atoms with Gasteiger partial charge in [0.05, 0.1) is 0 Å². The molecule has 1 aliphatic heterocycles. The Bertz CT molecular complexity index is 1210. The van der Waals surface area contributed by atoms with E-state index in [1.807, 2.05) is 12.1 Å². The minimum atomic E-state index is -1.31. The minimum absolute atomic E-state index is 0.331. The third-order valence-corrected chi connectivity index (χ3v) is 6.23. The van der Waals surface area contributed by atoms with Gasteiger partial charge in [0.1, 0.15) is 18.5 Å². The summed E-state index contributed by atoms with van der Waals surface area (Å²) in [6, 6.07) is 15.7. The zero-order valence-electron chi connectivity index (χ0n) is 24.3. The van der Waals surface area contributed by atoms with Gasteiger partial charge in [0.25, 0.3) is 0 Å². The molecule has 2 aromatic carbocycles.